The van der Waals surface area contributed by atoms with Gasteiger partial charge in [0.25, 0.3) is 0 Å². The number of hydrogen-bond donors (Lipinski definition) is 1. The van der Waals surface area contributed by atoms with Crippen LogP contribution in [0.5, 0.6) is 0 Å². The highest BCUT2D eigenvalue weighted by molar-refractivity contribution is 4.97. The van der Waals surface area contributed by atoms with E-state index in [-0.39, 0.29) is 0 Å². The van der Waals surface area contributed by atoms with Gasteiger partial charge in [-0.15, -0.1) is 0 Å². The molecule has 0 aromatic rings. The lowest BCUT2D eigenvalue weighted by Crippen LogP contribution is -2.46. The second-order valence-corrected chi connectivity index (χ2v) is 6.33. The van der Waals surface area contributed by atoms with E-state index in [1.54, 1.807) is 0 Å². The molecule has 0 saturated heterocycles. The second kappa shape index (κ2) is 8.93. The maximum absolute atomic E-state index is 6.04. The molecule has 1 aliphatic carbocycles. The Labute approximate surface area is 119 Å². The molecule has 0 bridgehead atoms. The van der Waals surface area contributed by atoms with Gasteiger partial charge in [0.1, 0.15) is 0 Å². The van der Waals surface area contributed by atoms with Gasteiger partial charge in [-0.2, -0.15) is 0 Å². The molecule has 1 N–H and O–H groups in total. The molecule has 2 unspecified atom stereocenters. The van der Waals surface area contributed by atoms with Crippen LogP contribution in [0.4, 0.5) is 0 Å². The number of rotatable bonds is 10. The van der Waals surface area contributed by atoms with Crippen LogP contribution in [0.1, 0.15) is 59.8 Å². The fraction of sp³-hybridized carbons (Fsp3) is 1.00. The first kappa shape index (κ1) is 16.9. The number of unbranched alkanes of at least 4 members (excludes halogenated alkanes) is 1. The van der Waals surface area contributed by atoms with E-state index in [2.05, 4.69) is 33.0 Å². The van der Waals surface area contributed by atoms with Crippen molar-refractivity contribution in [1.82, 2.24) is 5.32 Å². The number of nitrogens with one attached hydrogen (secondary N) is 1. The molecule has 0 aromatic heterocycles. The predicted octanol–water partition coefficient (Wildman–Crippen LogP) is 3.38. The van der Waals surface area contributed by atoms with E-state index in [0.29, 0.717) is 17.6 Å². The van der Waals surface area contributed by atoms with Gasteiger partial charge in [-0.05, 0) is 37.6 Å². The summed E-state index contributed by atoms with van der Waals surface area (Å²) < 4.78 is 11.6. The van der Waals surface area contributed by atoms with E-state index in [4.69, 9.17) is 9.47 Å². The van der Waals surface area contributed by atoms with E-state index >= 15 is 0 Å². The van der Waals surface area contributed by atoms with Crippen LogP contribution in [0.3, 0.4) is 0 Å². The fourth-order valence-electron chi connectivity index (χ4n) is 2.83. The van der Waals surface area contributed by atoms with Crippen LogP contribution < -0.4 is 5.32 Å². The third kappa shape index (κ3) is 5.80. The largest absolute Gasteiger partial charge is 0.379 e. The minimum Gasteiger partial charge on any atom is -0.379 e. The Morgan fingerprint density at radius 3 is 2.58 bits per heavy atom. The maximum Gasteiger partial charge on any atom is 0.0734 e. The zero-order valence-corrected chi connectivity index (χ0v) is 13.3. The minimum absolute atomic E-state index is 0.350. The maximum atomic E-state index is 6.04. The molecule has 1 fully saturated rings. The monoisotopic (exact) mass is 271 g/mol. The molecule has 0 radical (unpaired) electrons. The second-order valence-electron chi connectivity index (χ2n) is 6.33. The first-order valence-electron chi connectivity index (χ1n) is 8.04. The topological polar surface area (TPSA) is 30.5 Å². The molecule has 0 heterocycles. The van der Waals surface area contributed by atoms with Crippen molar-refractivity contribution in [2.45, 2.75) is 71.9 Å². The van der Waals surface area contributed by atoms with E-state index in [1.807, 2.05) is 0 Å². The van der Waals surface area contributed by atoms with Gasteiger partial charge in [-0.3, -0.25) is 0 Å². The highest BCUT2D eigenvalue weighted by Crippen LogP contribution is 2.38. The van der Waals surface area contributed by atoms with Crippen molar-refractivity contribution in [1.29, 1.82) is 0 Å². The minimum atomic E-state index is 0.350. The van der Waals surface area contributed by atoms with Crippen molar-refractivity contribution in [3.8, 4) is 0 Å². The van der Waals surface area contributed by atoms with E-state index in [1.165, 1.54) is 25.7 Å². The smallest absolute Gasteiger partial charge is 0.0734 e. The molecular formula is C16H33NO2. The van der Waals surface area contributed by atoms with E-state index in [9.17, 15) is 0 Å². The summed E-state index contributed by atoms with van der Waals surface area (Å²) in [6.07, 6.45) is 6.30. The van der Waals surface area contributed by atoms with Gasteiger partial charge in [0.15, 0.2) is 0 Å². The summed E-state index contributed by atoms with van der Waals surface area (Å²) in [5.74, 6) is 0. The normalized spacial score (nSPS) is 25.9. The molecule has 1 rings (SSSR count). The molecule has 2 atom stereocenters. The summed E-state index contributed by atoms with van der Waals surface area (Å²) in [6.45, 7) is 12.5. The summed E-state index contributed by atoms with van der Waals surface area (Å²) in [5, 5.41) is 3.67. The summed E-state index contributed by atoms with van der Waals surface area (Å²) in [7, 11) is 0. The molecule has 0 spiro atoms. The van der Waals surface area contributed by atoms with Crippen LogP contribution in [0, 0.1) is 5.41 Å². The summed E-state index contributed by atoms with van der Waals surface area (Å²) >= 11 is 0. The van der Waals surface area contributed by atoms with Crippen LogP contribution >= 0.6 is 0 Å². The molecule has 1 saturated carbocycles. The highest BCUT2D eigenvalue weighted by atomic mass is 16.5. The van der Waals surface area contributed by atoms with Crippen molar-refractivity contribution in [2.75, 3.05) is 26.4 Å². The van der Waals surface area contributed by atoms with Crippen molar-refractivity contribution in [2.24, 2.45) is 5.41 Å². The average Bonchev–Trinajstić information content (AvgIpc) is 2.66. The zero-order valence-electron chi connectivity index (χ0n) is 13.3. The Morgan fingerprint density at radius 2 is 1.89 bits per heavy atom. The summed E-state index contributed by atoms with van der Waals surface area (Å²) in [5.41, 5.74) is 0.350. The molecule has 0 amide bonds. The molecule has 1 aliphatic rings. The predicted molar refractivity (Wildman–Crippen MR) is 80.6 cm³/mol. The Balaban J connectivity index is 2.23. The molecule has 114 valence electrons. The molecule has 3 nitrogen and oxygen atoms in total. The van der Waals surface area contributed by atoms with Gasteiger partial charge in [-0.25, -0.2) is 0 Å². The Bertz CT molecular complexity index is 231. The zero-order chi connectivity index (χ0) is 14.1. The van der Waals surface area contributed by atoms with Gasteiger partial charge in [0.2, 0.25) is 0 Å². The van der Waals surface area contributed by atoms with Crippen molar-refractivity contribution < 1.29 is 9.47 Å². The lowest BCUT2D eigenvalue weighted by Gasteiger charge is -2.31. The van der Waals surface area contributed by atoms with Crippen LogP contribution in [-0.2, 0) is 9.47 Å². The first-order valence-corrected chi connectivity index (χ1v) is 8.04. The third-order valence-electron chi connectivity index (χ3n) is 4.10. The van der Waals surface area contributed by atoms with Gasteiger partial charge < -0.3 is 14.8 Å². The van der Waals surface area contributed by atoms with Crippen LogP contribution in [0.25, 0.3) is 0 Å². The van der Waals surface area contributed by atoms with Crippen LogP contribution in [0.2, 0.25) is 0 Å². The fourth-order valence-corrected chi connectivity index (χ4v) is 2.83. The SMILES string of the molecule is CCCCOCCOC1CCC(C)(C)C1NCCC. The van der Waals surface area contributed by atoms with Crippen LogP contribution in [-0.4, -0.2) is 38.5 Å². The quantitative estimate of drug-likeness (QED) is 0.618. The average molecular weight is 271 g/mol. The Morgan fingerprint density at radius 1 is 1.11 bits per heavy atom. The number of hydrogen-bond acceptors (Lipinski definition) is 3. The molecule has 0 aliphatic heterocycles. The van der Waals surface area contributed by atoms with Crippen molar-refractivity contribution in [3.63, 3.8) is 0 Å². The Kier molecular flexibility index (Phi) is 7.96. The molecule has 0 aromatic carbocycles. The van der Waals surface area contributed by atoms with Crippen molar-refractivity contribution >= 4 is 0 Å². The van der Waals surface area contributed by atoms with E-state index < -0.39 is 0 Å². The van der Waals surface area contributed by atoms with Gasteiger partial charge >= 0.3 is 0 Å². The first-order chi connectivity index (χ1) is 9.11. The van der Waals surface area contributed by atoms with Crippen LogP contribution in [0.15, 0.2) is 0 Å². The highest BCUT2D eigenvalue weighted by Gasteiger charge is 2.41. The lowest BCUT2D eigenvalue weighted by atomic mass is 9.87. The lowest BCUT2D eigenvalue weighted by molar-refractivity contribution is -0.0107. The van der Waals surface area contributed by atoms with Gasteiger partial charge in [0, 0.05) is 12.6 Å². The molecule has 3 heteroatoms. The Hall–Kier alpha value is -0.120. The third-order valence-corrected chi connectivity index (χ3v) is 4.10. The van der Waals surface area contributed by atoms with E-state index in [0.717, 1.165) is 32.8 Å². The van der Waals surface area contributed by atoms with Gasteiger partial charge in [0.05, 0.1) is 19.3 Å². The summed E-state index contributed by atoms with van der Waals surface area (Å²) in [4.78, 5) is 0. The molecule has 19 heavy (non-hydrogen) atoms. The number of ether oxygens (including phenoxy) is 2. The van der Waals surface area contributed by atoms with Gasteiger partial charge in [-0.1, -0.05) is 34.1 Å². The van der Waals surface area contributed by atoms with Crippen molar-refractivity contribution in [3.05, 3.63) is 0 Å². The standard InChI is InChI=1S/C16H33NO2/c1-5-7-11-18-12-13-19-14-8-9-16(3,4)15(14)17-10-6-2/h14-15,17H,5-13H2,1-4H3. The molecular weight excluding hydrogens is 238 g/mol. The summed E-state index contributed by atoms with van der Waals surface area (Å²) in [6, 6.07) is 0.489.